The van der Waals surface area contributed by atoms with Gasteiger partial charge < -0.3 is 11.1 Å². The number of anilines is 2. The summed E-state index contributed by atoms with van der Waals surface area (Å²) in [6.45, 7) is 6.65. The number of nitrogen functional groups attached to an aromatic ring is 1. The van der Waals surface area contributed by atoms with Gasteiger partial charge in [0, 0.05) is 35.4 Å². The van der Waals surface area contributed by atoms with Gasteiger partial charge in [-0.1, -0.05) is 0 Å². The number of aromatic nitrogens is 2. The molecule has 3 N–H and O–H groups in total. The van der Waals surface area contributed by atoms with Gasteiger partial charge in [-0.25, -0.2) is 4.68 Å². The number of hydrogen-bond donors (Lipinski definition) is 2. The van der Waals surface area contributed by atoms with Crippen molar-refractivity contribution in [1.82, 2.24) is 9.78 Å². The van der Waals surface area contributed by atoms with E-state index in [0.717, 1.165) is 18.1 Å². The van der Waals surface area contributed by atoms with Gasteiger partial charge in [-0.15, -0.1) is 0 Å². The van der Waals surface area contributed by atoms with Crippen LogP contribution in [0.3, 0.4) is 0 Å². The highest BCUT2D eigenvalue weighted by atomic mass is 32.2. The average molecular weight is 244 g/mol. The van der Waals surface area contributed by atoms with E-state index in [-0.39, 0.29) is 6.04 Å². The van der Waals surface area contributed by atoms with Crippen molar-refractivity contribution >= 4 is 22.3 Å². The third-order valence-electron chi connectivity index (χ3n) is 2.34. The first kappa shape index (κ1) is 13.0. The molecule has 0 radical (unpaired) electrons. The molecule has 0 aromatic carbocycles. The summed E-state index contributed by atoms with van der Waals surface area (Å²) in [5, 5.41) is 7.58. The van der Waals surface area contributed by atoms with Crippen LogP contribution in [-0.4, -0.2) is 32.0 Å². The Kier molecular flexibility index (Phi) is 4.35. The molecule has 2 unspecified atom stereocenters. The maximum Gasteiger partial charge on any atom is 0.148 e. The lowest BCUT2D eigenvalue weighted by Crippen LogP contribution is -2.24. The van der Waals surface area contributed by atoms with Crippen LogP contribution in [0.2, 0.25) is 0 Å². The molecule has 1 rings (SSSR count). The van der Waals surface area contributed by atoms with Gasteiger partial charge in [0.1, 0.15) is 5.82 Å². The summed E-state index contributed by atoms with van der Waals surface area (Å²) in [5.74, 6) is 1.44. The normalized spacial score (nSPS) is 14.8. The Labute approximate surface area is 98.9 Å². The zero-order chi connectivity index (χ0) is 12.3. The number of hydrogen-bond acceptors (Lipinski definition) is 4. The van der Waals surface area contributed by atoms with E-state index in [2.05, 4.69) is 10.4 Å². The molecule has 2 atom stereocenters. The van der Waals surface area contributed by atoms with Gasteiger partial charge in [-0.3, -0.25) is 4.21 Å². The Balaban J connectivity index is 2.83. The molecule has 0 bridgehead atoms. The molecule has 1 heterocycles. The van der Waals surface area contributed by atoms with Crippen LogP contribution in [0.4, 0.5) is 11.5 Å². The van der Waals surface area contributed by atoms with Gasteiger partial charge in [0.15, 0.2) is 0 Å². The first-order chi connectivity index (χ1) is 7.45. The van der Waals surface area contributed by atoms with Crippen LogP contribution in [-0.2, 0) is 17.3 Å². The van der Waals surface area contributed by atoms with Crippen molar-refractivity contribution in [2.45, 2.75) is 33.4 Å². The summed E-state index contributed by atoms with van der Waals surface area (Å²) >= 11 is 0. The van der Waals surface area contributed by atoms with Crippen LogP contribution in [0.1, 0.15) is 19.5 Å². The van der Waals surface area contributed by atoms with Gasteiger partial charge in [-0.2, -0.15) is 5.10 Å². The van der Waals surface area contributed by atoms with Gasteiger partial charge in [0.25, 0.3) is 0 Å². The molecule has 1 aromatic heterocycles. The maximum absolute atomic E-state index is 11.1. The average Bonchev–Trinajstić information content (AvgIpc) is 2.44. The Morgan fingerprint density at radius 1 is 1.62 bits per heavy atom. The Bertz CT molecular complexity index is 388. The van der Waals surface area contributed by atoms with E-state index < -0.39 is 10.8 Å². The molecule has 16 heavy (non-hydrogen) atoms. The summed E-state index contributed by atoms with van der Waals surface area (Å²) < 4.78 is 12.9. The molecule has 0 aliphatic heterocycles. The predicted molar refractivity (Wildman–Crippen MR) is 69.1 cm³/mol. The molecule has 6 heteroatoms. The molecule has 0 aliphatic carbocycles. The predicted octanol–water partition coefficient (Wildman–Crippen LogP) is 0.973. The Hall–Kier alpha value is -1.04. The topological polar surface area (TPSA) is 72.9 Å². The second-order valence-corrected chi connectivity index (χ2v) is 5.43. The molecule has 0 amide bonds. The second-order valence-electron chi connectivity index (χ2n) is 3.95. The summed E-state index contributed by atoms with van der Waals surface area (Å²) in [5.41, 5.74) is 7.44. The van der Waals surface area contributed by atoms with Crippen molar-refractivity contribution in [2.75, 3.05) is 23.1 Å². The zero-order valence-corrected chi connectivity index (χ0v) is 11.1. The minimum Gasteiger partial charge on any atom is -0.394 e. The van der Waals surface area contributed by atoms with Gasteiger partial charge in [-0.05, 0) is 20.8 Å². The quantitative estimate of drug-likeness (QED) is 0.809. The van der Waals surface area contributed by atoms with E-state index >= 15 is 0 Å². The van der Waals surface area contributed by atoms with Crippen LogP contribution < -0.4 is 11.1 Å². The molecular weight excluding hydrogens is 224 g/mol. The van der Waals surface area contributed by atoms with Gasteiger partial charge >= 0.3 is 0 Å². The van der Waals surface area contributed by atoms with E-state index in [1.807, 2.05) is 25.5 Å². The fourth-order valence-electron chi connectivity index (χ4n) is 1.60. The number of nitrogens with one attached hydrogen (secondary N) is 1. The van der Waals surface area contributed by atoms with Crippen LogP contribution in [0.5, 0.6) is 0 Å². The van der Waals surface area contributed by atoms with E-state index in [0.29, 0.717) is 11.4 Å². The molecule has 0 spiro atoms. The summed E-state index contributed by atoms with van der Waals surface area (Å²) in [7, 11) is -0.811. The highest BCUT2D eigenvalue weighted by Crippen LogP contribution is 2.22. The van der Waals surface area contributed by atoms with Gasteiger partial charge in [0.05, 0.1) is 11.4 Å². The standard InChI is InChI=1S/C10H20N4OS/c1-5-14-10(9(11)8(3)13-14)12-7(2)6-16(4)15/h7,12H,5-6,11H2,1-4H3. The minimum absolute atomic E-state index is 0.120. The van der Waals surface area contributed by atoms with Crippen LogP contribution >= 0.6 is 0 Å². The first-order valence-electron chi connectivity index (χ1n) is 5.35. The second kappa shape index (κ2) is 5.34. The molecule has 0 fully saturated rings. The van der Waals surface area contributed by atoms with Crippen LogP contribution in [0.15, 0.2) is 0 Å². The summed E-state index contributed by atoms with van der Waals surface area (Å²) in [6.07, 6.45) is 1.70. The summed E-state index contributed by atoms with van der Waals surface area (Å²) in [4.78, 5) is 0. The molecule has 92 valence electrons. The van der Waals surface area contributed by atoms with E-state index in [1.165, 1.54) is 0 Å². The van der Waals surface area contributed by atoms with E-state index in [9.17, 15) is 4.21 Å². The minimum atomic E-state index is -0.811. The van der Waals surface area contributed by atoms with Crippen molar-refractivity contribution in [3.8, 4) is 0 Å². The lowest BCUT2D eigenvalue weighted by Gasteiger charge is -2.15. The molecular formula is C10H20N4OS. The largest absolute Gasteiger partial charge is 0.394 e. The van der Waals surface area contributed by atoms with Crippen LogP contribution in [0, 0.1) is 6.92 Å². The highest BCUT2D eigenvalue weighted by Gasteiger charge is 2.14. The number of aryl methyl sites for hydroxylation is 2. The van der Waals surface area contributed by atoms with Crippen molar-refractivity contribution in [1.29, 1.82) is 0 Å². The number of nitrogens with zero attached hydrogens (tertiary/aromatic N) is 2. The fourth-order valence-corrected chi connectivity index (χ4v) is 2.39. The van der Waals surface area contributed by atoms with Crippen molar-refractivity contribution in [2.24, 2.45) is 0 Å². The molecule has 0 saturated heterocycles. The maximum atomic E-state index is 11.1. The smallest absolute Gasteiger partial charge is 0.148 e. The number of nitrogens with two attached hydrogens (primary N) is 1. The lowest BCUT2D eigenvalue weighted by molar-refractivity contribution is 0.651. The lowest BCUT2D eigenvalue weighted by atomic mass is 10.3. The zero-order valence-electron chi connectivity index (χ0n) is 10.3. The third kappa shape index (κ3) is 2.98. The SMILES string of the molecule is CCn1nc(C)c(N)c1NC(C)CS(C)=O. The van der Waals surface area contributed by atoms with E-state index in [1.54, 1.807) is 6.26 Å². The highest BCUT2D eigenvalue weighted by molar-refractivity contribution is 7.84. The first-order valence-corrected chi connectivity index (χ1v) is 7.07. The summed E-state index contributed by atoms with van der Waals surface area (Å²) in [6, 6.07) is 0.120. The molecule has 0 aliphatic rings. The Morgan fingerprint density at radius 2 is 2.25 bits per heavy atom. The molecule has 0 saturated carbocycles. The van der Waals surface area contributed by atoms with Crippen molar-refractivity contribution in [3.05, 3.63) is 5.69 Å². The van der Waals surface area contributed by atoms with E-state index in [4.69, 9.17) is 5.73 Å². The monoisotopic (exact) mass is 244 g/mol. The Morgan fingerprint density at radius 3 is 2.75 bits per heavy atom. The molecule has 5 nitrogen and oxygen atoms in total. The fraction of sp³-hybridized carbons (Fsp3) is 0.700. The van der Waals surface area contributed by atoms with Crippen LogP contribution in [0.25, 0.3) is 0 Å². The number of rotatable bonds is 5. The molecule has 1 aromatic rings. The third-order valence-corrected chi connectivity index (χ3v) is 3.31. The van der Waals surface area contributed by atoms with Gasteiger partial charge in [0.2, 0.25) is 0 Å². The van der Waals surface area contributed by atoms with Crippen molar-refractivity contribution in [3.63, 3.8) is 0 Å². The van der Waals surface area contributed by atoms with Crippen molar-refractivity contribution < 1.29 is 4.21 Å².